The molecule has 2 aromatic carbocycles. The van der Waals surface area contributed by atoms with Crippen molar-refractivity contribution < 1.29 is 62.1 Å². The number of aromatic nitrogens is 1. The number of cyclic esters (lactones) is 1. The number of ether oxygens (including phenoxy) is 2. The van der Waals surface area contributed by atoms with E-state index < -0.39 is 77.7 Å². The average molecular weight is 1100 g/mol. The number of benzene rings is 2. The highest BCUT2D eigenvalue weighted by Gasteiger charge is 2.55. The highest BCUT2D eigenvalue weighted by atomic mass is 19.1. The molecule has 3 aromatic rings. The maximum atomic E-state index is 15.7. The first-order valence-corrected chi connectivity index (χ1v) is 27.4. The van der Waals surface area contributed by atoms with Crippen LogP contribution in [0.4, 0.5) is 4.39 Å². The maximum absolute atomic E-state index is 15.7. The number of esters is 1. The van der Waals surface area contributed by atoms with Gasteiger partial charge in [-0.1, -0.05) is 56.7 Å². The van der Waals surface area contributed by atoms with E-state index >= 15 is 4.39 Å². The molecule has 9 rings (SSSR count). The molecule has 21 heteroatoms. The maximum Gasteiger partial charge on any atom is 0.343 e. The van der Waals surface area contributed by atoms with Gasteiger partial charge in [0, 0.05) is 66.7 Å². The van der Waals surface area contributed by atoms with Crippen molar-refractivity contribution in [2.45, 2.75) is 121 Å². The minimum Gasteiger partial charge on any atom is -0.458 e. The second kappa shape index (κ2) is 23.8. The molecule has 1 fully saturated rings. The summed E-state index contributed by atoms with van der Waals surface area (Å²) in [7, 11) is 1.68. The van der Waals surface area contributed by atoms with Gasteiger partial charge in [0.1, 0.15) is 30.8 Å². The summed E-state index contributed by atoms with van der Waals surface area (Å²) in [6.45, 7) is 5.85. The number of rotatable bonds is 23. The number of Topliss-reactive ketones (excluding diaryl/α,β-unsaturated/α-hetero) is 1. The summed E-state index contributed by atoms with van der Waals surface area (Å²) in [5.74, 6) is -5.49. The second-order valence-corrected chi connectivity index (χ2v) is 21.5. The van der Waals surface area contributed by atoms with Gasteiger partial charge >= 0.3 is 5.97 Å². The van der Waals surface area contributed by atoms with Crippen molar-refractivity contribution in [3.8, 4) is 0 Å². The van der Waals surface area contributed by atoms with E-state index in [0.717, 1.165) is 22.1 Å². The quantitative estimate of drug-likeness (QED) is 0.0453. The van der Waals surface area contributed by atoms with Crippen LogP contribution in [0, 0.1) is 18.7 Å². The Bertz CT molecular complexity index is 3170. The number of allylic oxidation sites excluding steroid dienone is 2. The summed E-state index contributed by atoms with van der Waals surface area (Å²) in [4.78, 5) is 127. The zero-order valence-electron chi connectivity index (χ0n) is 45.2. The number of nitrogens with one attached hydrogen (secondary N) is 5. The Hall–Kier alpha value is -7.91. The van der Waals surface area contributed by atoms with Gasteiger partial charge in [0.2, 0.25) is 29.5 Å². The fourth-order valence-corrected chi connectivity index (χ4v) is 11.6. The Morgan fingerprint density at radius 2 is 1.66 bits per heavy atom. The molecular formula is C59H67FN8O12. The van der Waals surface area contributed by atoms with Crippen LogP contribution in [0.5, 0.6) is 0 Å². The van der Waals surface area contributed by atoms with E-state index in [0.29, 0.717) is 91.5 Å². The van der Waals surface area contributed by atoms with E-state index in [1.54, 1.807) is 66.3 Å². The Kier molecular flexibility index (Phi) is 16.9. The molecule has 7 amide bonds. The molecule has 6 aliphatic rings. The molecule has 4 aliphatic carbocycles. The lowest BCUT2D eigenvalue weighted by Crippen LogP contribution is -2.52. The molecule has 6 N–H and O–H groups in total. The first-order valence-electron chi connectivity index (χ1n) is 27.4. The molecule has 1 unspecified atom stereocenters. The fraction of sp³-hybridized carbons (Fsp3) is 0.458. The van der Waals surface area contributed by atoms with Gasteiger partial charge in [-0.05, 0) is 110 Å². The highest BCUT2D eigenvalue weighted by molar-refractivity contribution is 6.06. The lowest BCUT2D eigenvalue weighted by atomic mass is 9.74. The van der Waals surface area contributed by atoms with Crippen LogP contribution in [-0.4, -0.2) is 137 Å². The average Bonchev–Trinajstić information content (AvgIpc) is 4.34. The third-order valence-electron chi connectivity index (χ3n) is 16.1. The van der Waals surface area contributed by atoms with Crippen LogP contribution in [0.15, 0.2) is 78.0 Å². The van der Waals surface area contributed by atoms with Crippen LogP contribution >= 0.6 is 0 Å². The SMILES string of the molecule is C=C1C=CC(=O)N1CCCCCC(=O)NCC(=O)NCC(=O)N[C@@H](Cc1ccccc1)C(=O)NCC(=O)NCOC1(C(=O)N(C)[C@@H]2CCc3c(C)c(F)cc4nc5c(c2c34)CC2CC5=CC3=C(COC(=O)[C@]3(O)CCC)C2=O)CC1. The molecule has 1 saturated carbocycles. The smallest absolute Gasteiger partial charge is 0.343 e. The Balaban J connectivity index is 0.791. The number of likely N-dealkylation sites (N-methyl/N-ethyl adjacent to an activating group) is 1. The Morgan fingerprint density at radius 3 is 2.39 bits per heavy atom. The van der Waals surface area contributed by atoms with Crippen molar-refractivity contribution in [1.82, 2.24) is 41.4 Å². The van der Waals surface area contributed by atoms with E-state index in [9.17, 15) is 48.3 Å². The Morgan fingerprint density at radius 1 is 0.938 bits per heavy atom. The molecule has 0 spiro atoms. The van der Waals surface area contributed by atoms with E-state index in [2.05, 4.69) is 33.2 Å². The van der Waals surface area contributed by atoms with Gasteiger partial charge < -0.3 is 51.0 Å². The predicted molar refractivity (Wildman–Crippen MR) is 289 cm³/mol. The number of aliphatic hydroxyl groups is 1. The van der Waals surface area contributed by atoms with Crippen molar-refractivity contribution in [3.63, 3.8) is 0 Å². The number of hydrogen-bond donors (Lipinski definition) is 6. The summed E-state index contributed by atoms with van der Waals surface area (Å²) in [6, 6.07) is 8.55. The summed E-state index contributed by atoms with van der Waals surface area (Å²) < 4.78 is 27.2. The van der Waals surface area contributed by atoms with E-state index in [-0.39, 0.29) is 86.6 Å². The number of carbonyl (C=O) groups excluding carboxylic acids is 9. The number of hydrogen-bond acceptors (Lipinski definition) is 13. The monoisotopic (exact) mass is 1100 g/mol. The number of amides is 7. The number of ketones is 1. The topological polar surface area (TPSA) is 272 Å². The standard InChI is InChI=1S/C59H67FN8O12/c1-5-19-59(78)41-26-36-24-37(54(74)40(41)31-79-57(59)77)25-39-52-45(17-16-38-34(3)42(60)27-43(51(38)52)66-53(36)39)67(4)56(76)58(20-21-58)80-32-64-48(71)29-63-55(75)44(23-35-12-8-6-9-13-35)65-49(72)30-62-47(70)28-61-46(69)14-10-7-11-22-68-33(2)15-18-50(68)73/h6,8-9,12-13,15,18,26-27,37,44-45,78H,2,5,7,10-11,14,16-17,19-25,28-32H2,1,3-4H3,(H,61,69)(H,62,70)(H,63,75)(H,64,71)(H,65,72)/t37?,44-,45+,59-/m0/s1. The lowest BCUT2D eigenvalue weighted by Gasteiger charge is -2.39. The van der Waals surface area contributed by atoms with Crippen molar-refractivity contribution in [2.24, 2.45) is 5.92 Å². The van der Waals surface area contributed by atoms with E-state index in [1.165, 1.54) is 12.1 Å². The third-order valence-corrected chi connectivity index (χ3v) is 16.1. The number of unbranched alkanes of at least 4 members (excludes halogenated alkanes) is 2. The van der Waals surface area contributed by atoms with Gasteiger partial charge in [-0.25, -0.2) is 14.2 Å². The minimum atomic E-state index is -2.03. The molecule has 80 heavy (non-hydrogen) atoms. The first-order chi connectivity index (χ1) is 38.3. The van der Waals surface area contributed by atoms with Gasteiger partial charge in [0.05, 0.1) is 36.9 Å². The van der Waals surface area contributed by atoms with Gasteiger partial charge in [-0.2, -0.15) is 0 Å². The second-order valence-electron chi connectivity index (χ2n) is 21.5. The number of halogens is 1. The van der Waals surface area contributed by atoms with Gasteiger partial charge in [0.25, 0.3) is 11.8 Å². The number of nitrogens with zero attached hydrogens (tertiary/aromatic N) is 3. The molecule has 0 saturated heterocycles. The Labute approximate surface area is 462 Å². The van der Waals surface area contributed by atoms with Gasteiger partial charge in [-0.15, -0.1) is 0 Å². The normalized spacial score (nSPS) is 20.7. The molecular weight excluding hydrogens is 1030 g/mol. The lowest BCUT2D eigenvalue weighted by molar-refractivity contribution is -0.163. The molecule has 2 bridgehead atoms. The molecule has 1 aromatic heterocycles. The minimum absolute atomic E-state index is 0.0434. The zero-order chi connectivity index (χ0) is 57.0. The van der Waals surface area contributed by atoms with Crippen LogP contribution in [0.25, 0.3) is 16.5 Å². The summed E-state index contributed by atoms with van der Waals surface area (Å²) in [5.41, 5.74) is 2.77. The van der Waals surface area contributed by atoms with Gasteiger partial charge in [-0.3, -0.25) is 38.4 Å². The molecule has 3 heterocycles. The first kappa shape index (κ1) is 56.8. The summed E-state index contributed by atoms with van der Waals surface area (Å²) in [5, 5.41) is 25.2. The largest absolute Gasteiger partial charge is 0.458 e. The third kappa shape index (κ3) is 11.8. The van der Waals surface area contributed by atoms with Crippen LogP contribution in [0.2, 0.25) is 0 Å². The molecule has 20 nitrogen and oxygen atoms in total. The van der Waals surface area contributed by atoms with Crippen LogP contribution < -0.4 is 26.6 Å². The molecule has 422 valence electrons. The number of fused-ring (bicyclic) bond motifs is 5. The summed E-state index contributed by atoms with van der Waals surface area (Å²) in [6.07, 6.45) is 9.54. The van der Waals surface area contributed by atoms with Crippen molar-refractivity contribution >= 4 is 69.6 Å². The highest BCUT2D eigenvalue weighted by Crippen LogP contribution is 2.51. The van der Waals surface area contributed by atoms with Crippen LogP contribution in [0.1, 0.15) is 111 Å². The van der Waals surface area contributed by atoms with Crippen molar-refractivity contribution in [3.05, 3.63) is 117 Å². The number of pyridine rings is 1. The van der Waals surface area contributed by atoms with E-state index in [4.69, 9.17) is 14.5 Å². The van der Waals surface area contributed by atoms with Crippen LogP contribution in [0.3, 0.4) is 0 Å². The molecule has 0 radical (unpaired) electrons. The predicted octanol–water partition coefficient (Wildman–Crippen LogP) is 3.21. The van der Waals surface area contributed by atoms with Crippen molar-refractivity contribution in [1.29, 1.82) is 0 Å². The summed E-state index contributed by atoms with van der Waals surface area (Å²) >= 11 is 0. The van der Waals surface area contributed by atoms with Crippen LogP contribution in [-0.2, 0) is 71.9 Å². The molecule has 2 aliphatic heterocycles. The molecule has 4 atom stereocenters. The van der Waals surface area contributed by atoms with Crippen molar-refractivity contribution in [2.75, 3.05) is 46.6 Å². The number of carbonyl (C=O) groups is 9. The van der Waals surface area contributed by atoms with Gasteiger partial charge in [0.15, 0.2) is 11.4 Å². The zero-order valence-corrected chi connectivity index (χ0v) is 45.2. The fourth-order valence-electron chi connectivity index (χ4n) is 11.6. The number of aryl methyl sites for hydroxylation is 1. The van der Waals surface area contributed by atoms with E-state index in [1.807, 2.05) is 6.92 Å².